The molecule has 1 rings (SSSR count). The van der Waals surface area contributed by atoms with Gasteiger partial charge in [0.1, 0.15) is 5.75 Å². The molecule has 0 amide bonds. The molecule has 0 radical (unpaired) electrons. The molecule has 1 N–H and O–H groups in total. The van der Waals surface area contributed by atoms with Gasteiger partial charge < -0.3 is 6.53 Å². The predicted octanol–water partition coefficient (Wildman–Crippen LogP) is -0.894. The smallest absolute Gasteiger partial charge is 1.00 e. The van der Waals surface area contributed by atoms with E-state index in [9.17, 15) is 0 Å². The molecule has 0 aliphatic rings. The average molecular weight is 164 g/mol. The summed E-state index contributed by atoms with van der Waals surface area (Å²) in [5.41, 5.74) is 1.05. The van der Waals surface area contributed by atoms with Crippen LogP contribution in [0.4, 0.5) is 0 Å². The number of benzene rings is 1. The monoisotopic (exact) mass is 164 g/mol. The average Bonchev–Trinajstić information content (AvgIpc) is 1.80. The molecule has 0 saturated carbocycles. The predicted molar refractivity (Wildman–Crippen MR) is 41.2 cm³/mol. The summed E-state index contributed by atoms with van der Waals surface area (Å²) in [5.74, 6) is 0.248. The molecule has 0 aliphatic carbocycles. The summed E-state index contributed by atoms with van der Waals surface area (Å²) >= 11 is 4.00. The van der Waals surface area contributed by atoms with Gasteiger partial charge in [-0.2, -0.15) is 0 Å². The van der Waals surface area contributed by atoms with E-state index in [1.807, 2.05) is 13.0 Å². The second-order valence-electron chi connectivity index (χ2n) is 1.99. The minimum atomic E-state index is 0. The van der Waals surface area contributed by atoms with Crippen molar-refractivity contribution in [2.24, 2.45) is 0 Å². The first-order valence-corrected chi connectivity index (χ1v) is 3.13. The van der Waals surface area contributed by atoms with Crippen LogP contribution in [0.1, 0.15) is 6.99 Å². The van der Waals surface area contributed by atoms with Gasteiger partial charge in [0.2, 0.25) is 0 Å². The van der Waals surface area contributed by atoms with Gasteiger partial charge in [0.15, 0.2) is 0 Å². The van der Waals surface area contributed by atoms with E-state index < -0.39 is 0 Å². The molecular formula is C7H9NaOS. The Balaban J connectivity index is 0. The minimum Gasteiger partial charge on any atom is -1.00 e. The van der Waals surface area contributed by atoms with Crippen molar-refractivity contribution in [2.75, 3.05) is 0 Å². The molecular weight excluding hydrogens is 155 g/mol. The molecule has 0 fully saturated rings. The van der Waals surface area contributed by atoms with Crippen LogP contribution in [0, 0.1) is 6.92 Å². The normalized spacial score (nSPS) is 8.60. The van der Waals surface area contributed by atoms with Gasteiger partial charge >= 0.3 is 29.6 Å². The molecule has 1 aromatic carbocycles. The first-order chi connectivity index (χ1) is 4.20. The summed E-state index contributed by atoms with van der Waals surface area (Å²) in [5, 5.41) is 9.02. The molecule has 1 nitrogen and oxygen atoms in total. The van der Waals surface area contributed by atoms with Crippen LogP contribution in [0.25, 0.3) is 0 Å². The van der Waals surface area contributed by atoms with E-state index in [1.54, 1.807) is 12.1 Å². The van der Waals surface area contributed by atoms with Crippen LogP contribution < -0.4 is 29.6 Å². The first-order valence-electron chi connectivity index (χ1n) is 2.69. The Bertz CT molecular complexity index is 230. The quantitative estimate of drug-likeness (QED) is 0.376. The molecule has 0 aliphatic heterocycles. The van der Waals surface area contributed by atoms with E-state index in [0.29, 0.717) is 4.90 Å². The summed E-state index contributed by atoms with van der Waals surface area (Å²) in [6, 6.07) is 5.36. The van der Waals surface area contributed by atoms with Gasteiger partial charge in [-0.25, -0.2) is 0 Å². The number of thiol groups is 1. The maximum absolute atomic E-state index is 9.02. The fourth-order valence-electron chi connectivity index (χ4n) is 0.633. The van der Waals surface area contributed by atoms with Gasteiger partial charge in [-0.15, -0.1) is 12.6 Å². The van der Waals surface area contributed by atoms with E-state index in [2.05, 4.69) is 12.6 Å². The maximum Gasteiger partial charge on any atom is 1.00 e. The summed E-state index contributed by atoms with van der Waals surface area (Å²) in [7, 11) is 0. The van der Waals surface area contributed by atoms with Gasteiger partial charge in [-0.1, -0.05) is 6.07 Å². The number of phenolic OH excluding ortho intramolecular Hbond substituents is 1. The summed E-state index contributed by atoms with van der Waals surface area (Å²) in [6.45, 7) is 1.92. The molecule has 50 valence electrons. The van der Waals surface area contributed by atoms with E-state index in [1.165, 1.54) is 0 Å². The number of hydrogen-bond acceptors (Lipinski definition) is 2. The topological polar surface area (TPSA) is 20.2 Å². The maximum atomic E-state index is 9.02. The second-order valence-corrected chi connectivity index (χ2v) is 2.47. The molecule has 0 spiro atoms. The molecule has 0 heterocycles. The molecule has 0 saturated heterocycles. The number of rotatable bonds is 0. The first kappa shape index (κ1) is 10.4. The Morgan fingerprint density at radius 1 is 1.50 bits per heavy atom. The van der Waals surface area contributed by atoms with Crippen LogP contribution in [0.15, 0.2) is 23.1 Å². The molecule has 0 atom stereocenters. The zero-order valence-electron chi connectivity index (χ0n) is 7.13. The standard InChI is InChI=1S/C7H8OS.Na.H/c1-5-2-3-7(9)6(8)4-5;;/h2-4,8-9H,1H3;;/q;+1;-1. The molecule has 3 heteroatoms. The van der Waals surface area contributed by atoms with Crippen molar-refractivity contribution in [3.8, 4) is 5.75 Å². The van der Waals surface area contributed by atoms with Crippen LogP contribution in [-0.2, 0) is 0 Å². The molecule has 0 aromatic heterocycles. The van der Waals surface area contributed by atoms with Crippen molar-refractivity contribution in [1.82, 2.24) is 0 Å². The Hall–Kier alpha value is 0.370. The number of aryl methyl sites for hydroxylation is 1. The van der Waals surface area contributed by atoms with E-state index in [0.717, 1.165) is 5.56 Å². The van der Waals surface area contributed by atoms with Crippen molar-refractivity contribution in [2.45, 2.75) is 11.8 Å². The van der Waals surface area contributed by atoms with Crippen molar-refractivity contribution >= 4 is 12.6 Å². The number of aromatic hydroxyl groups is 1. The van der Waals surface area contributed by atoms with Gasteiger partial charge in [0.25, 0.3) is 0 Å². The minimum absolute atomic E-state index is 0. The largest absolute Gasteiger partial charge is 1.00 e. The van der Waals surface area contributed by atoms with Crippen LogP contribution in [0.3, 0.4) is 0 Å². The van der Waals surface area contributed by atoms with Crippen molar-refractivity contribution in [1.29, 1.82) is 0 Å². The van der Waals surface area contributed by atoms with E-state index >= 15 is 0 Å². The molecule has 0 unspecified atom stereocenters. The van der Waals surface area contributed by atoms with Crippen LogP contribution in [0.2, 0.25) is 0 Å². The van der Waals surface area contributed by atoms with E-state index in [-0.39, 0.29) is 36.7 Å². The third-order valence-electron chi connectivity index (χ3n) is 1.13. The van der Waals surface area contributed by atoms with Crippen LogP contribution >= 0.6 is 12.6 Å². The summed E-state index contributed by atoms with van der Waals surface area (Å²) in [6.07, 6.45) is 0. The van der Waals surface area contributed by atoms with Gasteiger partial charge in [0, 0.05) is 4.90 Å². The van der Waals surface area contributed by atoms with Crippen molar-refractivity contribution < 1.29 is 36.1 Å². The third kappa shape index (κ3) is 2.54. The van der Waals surface area contributed by atoms with Gasteiger partial charge in [0.05, 0.1) is 0 Å². The fourth-order valence-corrected chi connectivity index (χ4v) is 0.773. The van der Waals surface area contributed by atoms with Gasteiger partial charge in [-0.3, -0.25) is 0 Å². The Labute approximate surface area is 89.6 Å². The third-order valence-corrected chi connectivity index (χ3v) is 1.51. The Kier molecular flexibility index (Phi) is 4.45. The van der Waals surface area contributed by atoms with Gasteiger partial charge in [-0.05, 0) is 24.6 Å². The van der Waals surface area contributed by atoms with Crippen LogP contribution in [0.5, 0.6) is 5.75 Å². The zero-order valence-corrected chi connectivity index (χ0v) is 9.02. The molecule has 0 bridgehead atoms. The number of hydrogen-bond donors (Lipinski definition) is 2. The van der Waals surface area contributed by atoms with Crippen molar-refractivity contribution in [3.63, 3.8) is 0 Å². The summed E-state index contributed by atoms with van der Waals surface area (Å²) in [4.78, 5) is 0.626. The molecule has 1 aromatic rings. The fraction of sp³-hybridized carbons (Fsp3) is 0.143. The SMILES string of the molecule is Cc1ccc(S)c(O)c1.[H-].[Na+]. The number of phenols is 1. The van der Waals surface area contributed by atoms with Crippen LogP contribution in [-0.4, -0.2) is 5.11 Å². The Morgan fingerprint density at radius 3 is 2.50 bits per heavy atom. The Morgan fingerprint density at radius 2 is 2.10 bits per heavy atom. The van der Waals surface area contributed by atoms with Crippen molar-refractivity contribution in [3.05, 3.63) is 23.8 Å². The van der Waals surface area contributed by atoms with E-state index in [4.69, 9.17) is 5.11 Å². The second kappa shape index (κ2) is 4.29. The molecule has 10 heavy (non-hydrogen) atoms. The summed E-state index contributed by atoms with van der Waals surface area (Å²) < 4.78 is 0. The zero-order chi connectivity index (χ0) is 6.85.